The van der Waals surface area contributed by atoms with Crippen molar-refractivity contribution in [2.24, 2.45) is 0 Å². The summed E-state index contributed by atoms with van der Waals surface area (Å²) in [5.74, 6) is 2.43. The van der Waals surface area contributed by atoms with Gasteiger partial charge in [-0.25, -0.2) is 0 Å². The Morgan fingerprint density at radius 2 is 2.41 bits per heavy atom. The standard InChI is InChI=1S/C11H12N4OS/c12-8-6-13-4-3-7(8)11-14-10(15-16-11)9-2-1-5-17-9/h3-4,6,9H,1-2,5,12H2. The van der Waals surface area contributed by atoms with Gasteiger partial charge in [0.25, 0.3) is 5.89 Å². The molecule has 2 aromatic rings. The summed E-state index contributed by atoms with van der Waals surface area (Å²) in [5.41, 5.74) is 7.13. The first-order chi connectivity index (χ1) is 8.34. The quantitative estimate of drug-likeness (QED) is 0.878. The molecular weight excluding hydrogens is 236 g/mol. The molecule has 2 aromatic heterocycles. The predicted octanol–water partition coefficient (Wildman–Crippen LogP) is 2.28. The van der Waals surface area contributed by atoms with E-state index in [1.54, 1.807) is 18.5 Å². The largest absolute Gasteiger partial charge is 0.397 e. The Labute approximate surface area is 103 Å². The van der Waals surface area contributed by atoms with Crippen LogP contribution in [0.15, 0.2) is 23.0 Å². The average Bonchev–Trinajstić information content (AvgIpc) is 3.00. The maximum atomic E-state index is 5.82. The van der Waals surface area contributed by atoms with E-state index in [4.69, 9.17) is 10.3 Å². The van der Waals surface area contributed by atoms with Gasteiger partial charge in [0.05, 0.1) is 22.7 Å². The zero-order chi connectivity index (χ0) is 11.7. The van der Waals surface area contributed by atoms with Crippen LogP contribution >= 0.6 is 11.8 Å². The summed E-state index contributed by atoms with van der Waals surface area (Å²) in [6, 6.07) is 1.79. The first kappa shape index (κ1) is 10.6. The molecule has 5 nitrogen and oxygen atoms in total. The van der Waals surface area contributed by atoms with Crippen LogP contribution in [0.5, 0.6) is 0 Å². The second kappa shape index (κ2) is 4.37. The van der Waals surface area contributed by atoms with Crippen molar-refractivity contribution in [2.75, 3.05) is 11.5 Å². The van der Waals surface area contributed by atoms with E-state index in [0.29, 0.717) is 16.8 Å². The molecule has 0 bridgehead atoms. The summed E-state index contributed by atoms with van der Waals surface area (Å²) < 4.78 is 5.26. The molecule has 1 fully saturated rings. The van der Waals surface area contributed by atoms with Crippen molar-refractivity contribution in [2.45, 2.75) is 18.1 Å². The fourth-order valence-corrected chi connectivity index (χ4v) is 3.05. The Bertz CT molecular complexity index is 522. The van der Waals surface area contributed by atoms with Crippen molar-refractivity contribution >= 4 is 17.4 Å². The fraction of sp³-hybridized carbons (Fsp3) is 0.364. The van der Waals surface area contributed by atoms with Gasteiger partial charge in [0.1, 0.15) is 0 Å². The maximum Gasteiger partial charge on any atom is 0.260 e. The van der Waals surface area contributed by atoms with Gasteiger partial charge in [-0.3, -0.25) is 4.98 Å². The molecule has 1 atom stereocenters. The van der Waals surface area contributed by atoms with E-state index >= 15 is 0 Å². The number of nitrogens with two attached hydrogens (primary N) is 1. The van der Waals surface area contributed by atoms with Crippen LogP contribution in [-0.4, -0.2) is 20.9 Å². The van der Waals surface area contributed by atoms with Crippen LogP contribution in [0.25, 0.3) is 11.5 Å². The van der Waals surface area contributed by atoms with E-state index in [2.05, 4.69) is 15.1 Å². The Kier molecular flexibility index (Phi) is 2.72. The number of pyridine rings is 1. The molecule has 1 saturated heterocycles. The zero-order valence-electron chi connectivity index (χ0n) is 9.17. The molecule has 1 aliphatic rings. The molecule has 6 heteroatoms. The van der Waals surface area contributed by atoms with E-state index in [0.717, 1.165) is 17.8 Å². The lowest BCUT2D eigenvalue weighted by Crippen LogP contribution is -1.93. The average molecular weight is 248 g/mol. The minimum absolute atomic E-state index is 0.371. The third-order valence-corrected chi connectivity index (χ3v) is 4.11. The third-order valence-electron chi connectivity index (χ3n) is 2.74. The molecule has 3 heterocycles. The Morgan fingerprint density at radius 1 is 1.47 bits per heavy atom. The normalized spacial score (nSPS) is 19.6. The Hall–Kier alpha value is -1.56. The Balaban J connectivity index is 1.92. The fourth-order valence-electron chi connectivity index (χ4n) is 1.86. The molecule has 0 amide bonds. The Morgan fingerprint density at radius 3 is 3.18 bits per heavy atom. The lowest BCUT2D eigenvalue weighted by molar-refractivity contribution is 0.421. The van der Waals surface area contributed by atoms with Crippen LogP contribution in [0.2, 0.25) is 0 Å². The SMILES string of the molecule is Nc1cnccc1-c1nc(C2CCCS2)no1. The molecule has 0 radical (unpaired) electrons. The zero-order valence-corrected chi connectivity index (χ0v) is 9.98. The summed E-state index contributed by atoms with van der Waals surface area (Å²) in [7, 11) is 0. The van der Waals surface area contributed by atoms with Crippen LogP contribution in [0.1, 0.15) is 23.9 Å². The van der Waals surface area contributed by atoms with Gasteiger partial charge in [0.2, 0.25) is 0 Å². The van der Waals surface area contributed by atoms with Gasteiger partial charge in [-0.15, -0.1) is 0 Å². The third kappa shape index (κ3) is 2.00. The monoisotopic (exact) mass is 248 g/mol. The highest BCUT2D eigenvalue weighted by molar-refractivity contribution is 7.99. The van der Waals surface area contributed by atoms with Gasteiger partial charge in [0.15, 0.2) is 5.82 Å². The van der Waals surface area contributed by atoms with Crippen molar-refractivity contribution in [3.05, 3.63) is 24.3 Å². The van der Waals surface area contributed by atoms with Gasteiger partial charge < -0.3 is 10.3 Å². The van der Waals surface area contributed by atoms with Crippen LogP contribution in [0, 0.1) is 0 Å². The number of anilines is 1. The summed E-state index contributed by atoms with van der Waals surface area (Å²) in [6.07, 6.45) is 5.59. The predicted molar refractivity (Wildman–Crippen MR) is 66.4 cm³/mol. The molecular formula is C11H12N4OS. The number of hydrogen-bond donors (Lipinski definition) is 1. The molecule has 0 aliphatic carbocycles. The van der Waals surface area contributed by atoms with Gasteiger partial charge in [-0.1, -0.05) is 5.16 Å². The molecule has 2 N–H and O–H groups in total. The van der Waals surface area contributed by atoms with E-state index in [1.165, 1.54) is 12.2 Å². The molecule has 88 valence electrons. The number of hydrogen-bond acceptors (Lipinski definition) is 6. The van der Waals surface area contributed by atoms with Gasteiger partial charge >= 0.3 is 0 Å². The molecule has 1 aliphatic heterocycles. The topological polar surface area (TPSA) is 77.8 Å². The maximum absolute atomic E-state index is 5.82. The summed E-state index contributed by atoms with van der Waals surface area (Å²) in [5, 5.41) is 4.40. The summed E-state index contributed by atoms with van der Waals surface area (Å²) >= 11 is 1.88. The van der Waals surface area contributed by atoms with E-state index in [1.807, 2.05) is 11.8 Å². The number of rotatable bonds is 2. The highest BCUT2D eigenvalue weighted by Crippen LogP contribution is 2.39. The molecule has 0 aromatic carbocycles. The van der Waals surface area contributed by atoms with Gasteiger partial charge in [0, 0.05) is 6.20 Å². The molecule has 1 unspecified atom stereocenters. The molecule has 17 heavy (non-hydrogen) atoms. The van der Waals surface area contributed by atoms with Crippen molar-refractivity contribution in [1.29, 1.82) is 0 Å². The van der Waals surface area contributed by atoms with Crippen LogP contribution in [-0.2, 0) is 0 Å². The smallest absolute Gasteiger partial charge is 0.260 e. The number of nitrogen functional groups attached to an aromatic ring is 1. The van der Waals surface area contributed by atoms with Crippen LogP contribution in [0.4, 0.5) is 5.69 Å². The molecule has 0 spiro atoms. The van der Waals surface area contributed by atoms with E-state index < -0.39 is 0 Å². The number of aromatic nitrogens is 3. The van der Waals surface area contributed by atoms with E-state index in [-0.39, 0.29) is 0 Å². The van der Waals surface area contributed by atoms with Gasteiger partial charge in [-0.05, 0) is 24.7 Å². The summed E-state index contributed by atoms with van der Waals surface area (Å²) in [4.78, 5) is 8.35. The minimum Gasteiger partial charge on any atom is -0.397 e. The molecule has 0 saturated carbocycles. The van der Waals surface area contributed by atoms with Crippen molar-refractivity contribution in [3.63, 3.8) is 0 Å². The first-order valence-electron chi connectivity index (χ1n) is 5.49. The first-order valence-corrected chi connectivity index (χ1v) is 6.54. The minimum atomic E-state index is 0.371. The second-order valence-electron chi connectivity index (χ2n) is 3.92. The summed E-state index contributed by atoms with van der Waals surface area (Å²) in [6.45, 7) is 0. The molecule has 3 rings (SSSR count). The van der Waals surface area contributed by atoms with E-state index in [9.17, 15) is 0 Å². The number of nitrogens with zero attached hydrogens (tertiary/aromatic N) is 3. The van der Waals surface area contributed by atoms with Crippen molar-refractivity contribution in [1.82, 2.24) is 15.1 Å². The van der Waals surface area contributed by atoms with Crippen LogP contribution < -0.4 is 5.73 Å². The van der Waals surface area contributed by atoms with Gasteiger partial charge in [-0.2, -0.15) is 16.7 Å². The van der Waals surface area contributed by atoms with Crippen LogP contribution in [0.3, 0.4) is 0 Å². The van der Waals surface area contributed by atoms with Crippen molar-refractivity contribution < 1.29 is 4.52 Å². The van der Waals surface area contributed by atoms with Crippen molar-refractivity contribution in [3.8, 4) is 11.5 Å². The lowest BCUT2D eigenvalue weighted by atomic mass is 10.2. The second-order valence-corrected chi connectivity index (χ2v) is 5.23. The number of thioether (sulfide) groups is 1. The highest BCUT2D eigenvalue weighted by Gasteiger charge is 2.23. The lowest BCUT2D eigenvalue weighted by Gasteiger charge is -1.99. The highest BCUT2D eigenvalue weighted by atomic mass is 32.2.